The molecule has 0 aliphatic heterocycles. The predicted molar refractivity (Wildman–Crippen MR) is 80.2 cm³/mol. The van der Waals surface area contributed by atoms with E-state index >= 15 is 0 Å². The molecule has 0 aromatic heterocycles. The average molecular weight is 301 g/mol. The number of hydrogen-bond acceptors (Lipinski definition) is 3. The van der Waals surface area contributed by atoms with Crippen LogP contribution in [-0.4, -0.2) is 33.3 Å². The predicted octanol–water partition coefficient (Wildman–Crippen LogP) is 3.72. The maximum Gasteiger partial charge on any atom is 0.261 e. The number of halogens is 2. The Bertz CT molecular complexity index is 413. The minimum Gasteiger partial charge on any atom is -0.496 e. The smallest absolute Gasteiger partial charge is 0.261 e. The van der Waals surface area contributed by atoms with Gasteiger partial charge in [-0.25, -0.2) is 8.78 Å². The number of rotatable bonds is 10. The van der Waals surface area contributed by atoms with Gasteiger partial charge in [0.1, 0.15) is 12.4 Å². The highest BCUT2D eigenvalue weighted by atomic mass is 19.3. The molecule has 0 saturated carbocycles. The van der Waals surface area contributed by atoms with Crippen molar-refractivity contribution in [2.75, 3.05) is 26.9 Å². The quantitative estimate of drug-likeness (QED) is 0.668. The number of nitrogens with one attached hydrogen (secondary N) is 1. The van der Waals surface area contributed by atoms with Crippen molar-refractivity contribution in [3.8, 4) is 5.75 Å². The second kappa shape index (κ2) is 9.68. The second-order valence-corrected chi connectivity index (χ2v) is 5.01. The van der Waals surface area contributed by atoms with Gasteiger partial charge in [0.05, 0.1) is 7.11 Å². The van der Waals surface area contributed by atoms with Crippen molar-refractivity contribution in [2.45, 2.75) is 39.2 Å². The fraction of sp³-hybridized carbons (Fsp3) is 0.625. The molecule has 0 amide bonds. The molecule has 0 spiro atoms. The van der Waals surface area contributed by atoms with Gasteiger partial charge in [0.2, 0.25) is 0 Å². The summed E-state index contributed by atoms with van der Waals surface area (Å²) in [7, 11) is 1.64. The molecule has 1 unspecified atom stereocenters. The zero-order chi connectivity index (χ0) is 15.7. The average Bonchev–Trinajstić information content (AvgIpc) is 2.46. The minimum absolute atomic E-state index is 0.0393. The van der Waals surface area contributed by atoms with Crippen molar-refractivity contribution in [2.24, 2.45) is 0 Å². The Balaban J connectivity index is 2.73. The highest BCUT2D eigenvalue weighted by molar-refractivity contribution is 5.39. The van der Waals surface area contributed by atoms with Gasteiger partial charge in [0.25, 0.3) is 6.43 Å². The Morgan fingerprint density at radius 1 is 1.29 bits per heavy atom. The third kappa shape index (κ3) is 6.40. The monoisotopic (exact) mass is 301 g/mol. The lowest BCUT2D eigenvalue weighted by Gasteiger charge is -2.22. The molecule has 1 aromatic rings. The highest BCUT2D eigenvalue weighted by Gasteiger charge is 2.16. The van der Waals surface area contributed by atoms with Crippen LogP contribution in [0.15, 0.2) is 18.2 Å². The first-order valence-electron chi connectivity index (χ1n) is 7.32. The van der Waals surface area contributed by atoms with Crippen molar-refractivity contribution in [3.63, 3.8) is 0 Å². The van der Waals surface area contributed by atoms with Crippen LogP contribution in [0.2, 0.25) is 0 Å². The van der Waals surface area contributed by atoms with Crippen molar-refractivity contribution in [1.29, 1.82) is 0 Å². The molecular formula is C16H25F2NO2. The molecule has 1 rings (SSSR count). The van der Waals surface area contributed by atoms with Crippen LogP contribution in [0.25, 0.3) is 0 Å². The van der Waals surface area contributed by atoms with Gasteiger partial charge in [0.15, 0.2) is 0 Å². The largest absolute Gasteiger partial charge is 0.496 e. The highest BCUT2D eigenvalue weighted by Crippen LogP contribution is 2.28. The van der Waals surface area contributed by atoms with Crippen LogP contribution >= 0.6 is 0 Å². The molecule has 120 valence electrons. The molecule has 0 fully saturated rings. The molecule has 3 nitrogen and oxygen atoms in total. The van der Waals surface area contributed by atoms with E-state index in [9.17, 15) is 8.78 Å². The Hall–Kier alpha value is -1.20. The molecule has 5 heteroatoms. The fourth-order valence-corrected chi connectivity index (χ4v) is 2.19. The molecule has 1 atom stereocenters. The maximum atomic E-state index is 12.1. The van der Waals surface area contributed by atoms with E-state index in [0.29, 0.717) is 13.0 Å². The van der Waals surface area contributed by atoms with Crippen LogP contribution in [0, 0.1) is 6.92 Å². The number of methoxy groups -OCH3 is 1. The normalized spacial score (nSPS) is 12.7. The summed E-state index contributed by atoms with van der Waals surface area (Å²) in [6.45, 7) is 4.75. The van der Waals surface area contributed by atoms with Gasteiger partial charge in [-0.1, -0.05) is 24.6 Å². The van der Waals surface area contributed by atoms with Crippen LogP contribution in [0.3, 0.4) is 0 Å². The molecule has 0 aliphatic carbocycles. The molecule has 0 bridgehead atoms. The van der Waals surface area contributed by atoms with Crippen LogP contribution in [0.5, 0.6) is 5.75 Å². The van der Waals surface area contributed by atoms with Gasteiger partial charge in [-0.15, -0.1) is 0 Å². The second-order valence-electron chi connectivity index (χ2n) is 5.01. The minimum atomic E-state index is -2.42. The first-order chi connectivity index (χ1) is 10.1. The van der Waals surface area contributed by atoms with E-state index in [0.717, 1.165) is 29.8 Å². The lowest BCUT2D eigenvalue weighted by atomic mass is 10.0. The summed E-state index contributed by atoms with van der Waals surface area (Å²) in [5.74, 6) is 0.808. The first-order valence-corrected chi connectivity index (χ1v) is 7.32. The molecule has 21 heavy (non-hydrogen) atoms. The van der Waals surface area contributed by atoms with E-state index in [1.165, 1.54) is 0 Å². The summed E-state index contributed by atoms with van der Waals surface area (Å²) < 4.78 is 34.6. The molecule has 1 N–H and O–H groups in total. The molecule has 0 radical (unpaired) electrons. The van der Waals surface area contributed by atoms with Gasteiger partial charge in [-0.2, -0.15) is 0 Å². The first kappa shape index (κ1) is 17.9. The molecular weight excluding hydrogens is 276 g/mol. The van der Waals surface area contributed by atoms with E-state index in [-0.39, 0.29) is 6.04 Å². The van der Waals surface area contributed by atoms with Gasteiger partial charge in [-0.3, -0.25) is 0 Å². The number of benzene rings is 1. The Labute approximate surface area is 125 Å². The van der Waals surface area contributed by atoms with Gasteiger partial charge in [0, 0.05) is 18.2 Å². The summed E-state index contributed by atoms with van der Waals surface area (Å²) in [6.07, 6.45) is -0.782. The third-order valence-corrected chi connectivity index (χ3v) is 3.20. The molecule has 1 aromatic carbocycles. The summed E-state index contributed by atoms with van der Waals surface area (Å²) in [5.41, 5.74) is 2.19. The van der Waals surface area contributed by atoms with Gasteiger partial charge >= 0.3 is 0 Å². The van der Waals surface area contributed by atoms with Crippen molar-refractivity contribution < 1.29 is 18.3 Å². The maximum absolute atomic E-state index is 12.1. The Morgan fingerprint density at radius 2 is 2.05 bits per heavy atom. The summed E-state index contributed by atoms with van der Waals surface area (Å²) in [6, 6.07) is 6.04. The topological polar surface area (TPSA) is 30.5 Å². The SMILES string of the molecule is CCCNC(CCOCC(F)F)c1cc(C)ccc1OC. The number of ether oxygens (including phenoxy) is 2. The molecule has 0 saturated heterocycles. The van der Waals surface area contributed by atoms with Crippen LogP contribution in [0.1, 0.15) is 36.9 Å². The fourth-order valence-electron chi connectivity index (χ4n) is 2.19. The Kier molecular flexibility index (Phi) is 8.23. The van der Waals surface area contributed by atoms with E-state index in [1.807, 2.05) is 19.1 Å². The summed E-state index contributed by atoms with van der Waals surface area (Å²) in [5, 5.41) is 3.43. The van der Waals surface area contributed by atoms with E-state index in [4.69, 9.17) is 9.47 Å². The van der Waals surface area contributed by atoms with Crippen molar-refractivity contribution in [3.05, 3.63) is 29.3 Å². The Morgan fingerprint density at radius 3 is 2.67 bits per heavy atom. The lowest BCUT2D eigenvalue weighted by molar-refractivity contribution is 0.0143. The standard InChI is InChI=1S/C16H25F2NO2/c1-4-8-19-14(7-9-21-11-16(17)18)13-10-12(2)5-6-15(13)20-3/h5-6,10,14,16,19H,4,7-9,11H2,1-3H3. The van der Waals surface area contributed by atoms with E-state index in [1.54, 1.807) is 7.11 Å². The zero-order valence-electron chi connectivity index (χ0n) is 13.0. The van der Waals surface area contributed by atoms with E-state index in [2.05, 4.69) is 18.3 Å². The van der Waals surface area contributed by atoms with Gasteiger partial charge < -0.3 is 14.8 Å². The van der Waals surface area contributed by atoms with Gasteiger partial charge in [-0.05, 0) is 32.4 Å². The van der Waals surface area contributed by atoms with Crippen LogP contribution in [0.4, 0.5) is 8.78 Å². The van der Waals surface area contributed by atoms with Crippen molar-refractivity contribution in [1.82, 2.24) is 5.32 Å². The number of aryl methyl sites for hydroxylation is 1. The van der Waals surface area contributed by atoms with Crippen LogP contribution in [-0.2, 0) is 4.74 Å². The lowest BCUT2D eigenvalue weighted by Crippen LogP contribution is -2.24. The van der Waals surface area contributed by atoms with E-state index < -0.39 is 13.0 Å². The summed E-state index contributed by atoms with van der Waals surface area (Å²) >= 11 is 0. The molecule has 0 aliphatic rings. The number of alkyl halides is 2. The summed E-state index contributed by atoms with van der Waals surface area (Å²) in [4.78, 5) is 0. The molecule has 0 heterocycles. The zero-order valence-corrected chi connectivity index (χ0v) is 13.0. The van der Waals surface area contributed by atoms with Crippen molar-refractivity contribution >= 4 is 0 Å². The van der Waals surface area contributed by atoms with Crippen LogP contribution < -0.4 is 10.1 Å². The number of hydrogen-bond donors (Lipinski definition) is 1. The third-order valence-electron chi connectivity index (χ3n) is 3.20.